The Hall–Kier alpha value is -6.44. The fourth-order valence-electron chi connectivity index (χ4n) is 8.29. The first kappa shape index (κ1) is 28.6. The van der Waals surface area contributed by atoms with Crippen molar-refractivity contribution in [1.29, 1.82) is 0 Å². The van der Waals surface area contributed by atoms with E-state index in [1.807, 2.05) is 0 Å². The Labute approximate surface area is 291 Å². The standard InChI is InChI=1S/C49H33N/c1-31-15-5-7-19-35(31)48-44-30-34(27-28-45(44)50-49(48)32-16-3-2-4-17-32)46-39-23-11-13-25-41(39)47(42-26-14-12-24-40(42)46)43-29-33-18-6-8-20-36(33)37-21-9-10-22-38(37)43/h2-30,50H,1H3. The molecule has 0 saturated carbocycles. The van der Waals surface area contributed by atoms with Crippen LogP contribution in [-0.2, 0) is 0 Å². The van der Waals surface area contributed by atoms with Gasteiger partial charge in [-0.05, 0) is 107 Å². The van der Waals surface area contributed by atoms with Gasteiger partial charge >= 0.3 is 0 Å². The number of aryl methyl sites for hydroxylation is 1. The van der Waals surface area contributed by atoms with Crippen molar-refractivity contribution in [2.75, 3.05) is 0 Å². The van der Waals surface area contributed by atoms with Crippen LogP contribution in [0.25, 0.3) is 98.6 Å². The molecule has 0 spiro atoms. The summed E-state index contributed by atoms with van der Waals surface area (Å²) in [6, 6.07) is 64.5. The molecule has 1 heteroatoms. The molecule has 0 aliphatic heterocycles. The summed E-state index contributed by atoms with van der Waals surface area (Å²) in [4.78, 5) is 3.82. The molecule has 0 aliphatic rings. The zero-order valence-corrected chi connectivity index (χ0v) is 27.7. The Kier molecular flexibility index (Phi) is 6.47. The summed E-state index contributed by atoms with van der Waals surface area (Å²) in [6.07, 6.45) is 0. The number of rotatable bonds is 4. The van der Waals surface area contributed by atoms with Gasteiger partial charge < -0.3 is 4.98 Å². The number of H-pyrrole nitrogens is 1. The molecule has 0 aliphatic carbocycles. The molecule has 1 N–H and O–H groups in total. The molecule has 1 nitrogen and oxygen atoms in total. The van der Waals surface area contributed by atoms with E-state index in [2.05, 4.69) is 188 Å². The topological polar surface area (TPSA) is 15.8 Å². The molecule has 0 atom stereocenters. The molecular formula is C49H33N. The highest BCUT2D eigenvalue weighted by atomic mass is 14.7. The van der Waals surface area contributed by atoms with Gasteiger partial charge in [-0.1, -0.05) is 158 Å². The van der Waals surface area contributed by atoms with Gasteiger partial charge in [0.15, 0.2) is 0 Å². The van der Waals surface area contributed by atoms with Gasteiger partial charge in [-0.15, -0.1) is 0 Å². The third-order valence-corrected chi connectivity index (χ3v) is 10.5. The Bertz CT molecular complexity index is 2870. The maximum atomic E-state index is 3.82. The molecule has 234 valence electrons. The highest BCUT2D eigenvalue weighted by molar-refractivity contribution is 6.26. The summed E-state index contributed by atoms with van der Waals surface area (Å²) in [5, 5.41) is 11.4. The smallest absolute Gasteiger partial charge is 0.0544 e. The minimum Gasteiger partial charge on any atom is -0.354 e. The summed E-state index contributed by atoms with van der Waals surface area (Å²) in [7, 11) is 0. The lowest BCUT2D eigenvalue weighted by molar-refractivity contribution is 1.43. The predicted molar refractivity (Wildman–Crippen MR) is 215 cm³/mol. The van der Waals surface area contributed by atoms with E-state index in [0.717, 1.165) is 11.2 Å². The number of fused-ring (bicyclic) bond motifs is 6. The second kappa shape index (κ2) is 11.3. The van der Waals surface area contributed by atoms with Crippen molar-refractivity contribution in [3.8, 4) is 44.6 Å². The minimum absolute atomic E-state index is 1.14. The van der Waals surface area contributed by atoms with E-state index in [-0.39, 0.29) is 0 Å². The molecule has 0 unspecified atom stereocenters. The van der Waals surface area contributed by atoms with Crippen LogP contribution in [0.3, 0.4) is 0 Å². The van der Waals surface area contributed by atoms with Gasteiger partial charge in [-0.25, -0.2) is 0 Å². The van der Waals surface area contributed by atoms with Crippen LogP contribution in [0.2, 0.25) is 0 Å². The van der Waals surface area contributed by atoms with Gasteiger partial charge in [0.1, 0.15) is 0 Å². The molecule has 0 radical (unpaired) electrons. The average Bonchev–Trinajstić information content (AvgIpc) is 3.56. The van der Waals surface area contributed by atoms with Crippen LogP contribution in [0.15, 0.2) is 176 Å². The van der Waals surface area contributed by atoms with Crippen molar-refractivity contribution in [3.05, 3.63) is 181 Å². The van der Waals surface area contributed by atoms with Crippen molar-refractivity contribution in [3.63, 3.8) is 0 Å². The fraction of sp³-hybridized carbons (Fsp3) is 0.0204. The quantitative estimate of drug-likeness (QED) is 0.146. The Morgan fingerprint density at radius 2 is 0.900 bits per heavy atom. The molecule has 0 amide bonds. The zero-order valence-electron chi connectivity index (χ0n) is 27.7. The normalized spacial score (nSPS) is 11.7. The molecule has 1 heterocycles. The number of aromatic nitrogens is 1. The first-order valence-corrected chi connectivity index (χ1v) is 17.4. The lowest BCUT2D eigenvalue weighted by Crippen LogP contribution is -1.92. The number of nitrogens with one attached hydrogen (secondary N) is 1. The highest BCUT2D eigenvalue weighted by Gasteiger charge is 2.21. The van der Waals surface area contributed by atoms with E-state index in [1.165, 1.54) is 93.0 Å². The Morgan fingerprint density at radius 3 is 1.60 bits per heavy atom. The van der Waals surface area contributed by atoms with Crippen molar-refractivity contribution >= 4 is 54.0 Å². The van der Waals surface area contributed by atoms with Gasteiger partial charge in [-0.2, -0.15) is 0 Å². The summed E-state index contributed by atoms with van der Waals surface area (Å²) >= 11 is 0. The average molecular weight is 636 g/mol. The van der Waals surface area contributed by atoms with Crippen molar-refractivity contribution in [1.82, 2.24) is 4.98 Å². The first-order valence-electron chi connectivity index (χ1n) is 17.4. The molecule has 10 rings (SSSR count). The van der Waals surface area contributed by atoms with Gasteiger partial charge in [0.05, 0.1) is 5.69 Å². The van der Waals surface area contributed by atoms with Crippen LogP contribution in [-0.4, -0.2) is 4.98 Å². The van der Waals surface area contributed by atoms with Crippen LogP contribution >= 0.6 is 0 Å². The van der Waals surface area contributed by atoms with E-state index in [1.54, 1.807) is 0 Å². The maximum Gasteiger partial charge on any atom is 0.0544 e. The number of aromatic amines is 1. The fourth-order valence-corrected chi connectivity index (χ4v) is 8.29. The van der Waals surface area contributed by atoms with E-state index in [9.17, 15) is 0 Å². The molecule has 10 aromatic rings. The minimum atomic E-state index is 1.14. The molecule has 0 fully saturated rings. The summed E-state index contributed by atoms with van der Waals surface area (Å²) < 4.78 is 0. The van der Waals surface area contributed by atoms with Crippen LogP contribution in [0.5, 0.6) is 0 Å². The van der Waals surface area contributed by atoms with Crippen molar-refractivity contribution < 1.29 is 0 Å². The second-order valence-electron chi connectivity index (χ2n) is 13.3. The molecule has 9 aromatic carbocycles. The lowest BCUT2D eigenvalue weighted by Gasteiger charge is -2.19. The van der Waals surface area contributed by atoms with Crippen LogP contribution in [0.4, 0.5) is 0 Å². The maximum absolute atomic E-state index is 3.82. The van der Waals surface area contributed by atoms with E-state index in [4.69, 9.17) is 0 Å². The SMILES string of the molecule is Cc1ccccc1-c1c(-c2ccccc2)[nH]c2ccc(-c3c4ccccc4c(-c4cc5ccccc5c5ccccc45)c4ccccc34)cc12. The number of benzene rings is 9. The van der Waals surface area contributed by atoms with Crippen molar-refractivity contribution in [2.24, 2.45) is 0 Å². The zero-order chi connectivity index (χ0) is 33.2. The van der Waals surface area contributed by atoms with Crippen LogP contribution < -0.4 is 0 Å². The van der Waals surface area contributed by atoms with Gasteiger partial charge in [0.25, 0.3) is 0 Å². The van der Waals surface area contributed by atoms with Gasteiger partial charge in [0.2, 0.25) is 0 Å². The Morgan fingerprint density at radius 1 is 0.340 bits per heavy atom. The van der Waals surface area contributed by atoms with Gasteiger partial charge in [0, 0.05) is 16.5 Å². The largest absolute Gasteiger partial charge is 0.354 e. The molecule has 50 heavy (non-hydrogen) atoms. The summed E-state index contributed by atoms with van der Waals surface area (Å²) in [6.45, 7) is 2.21. The van der Waals surface area contributed by atoms with E-state index in [0.29, 0.717) is 0 Å². The van der Waals surface area contributed by atoms with Gasteiger partial charge in [-0.3, -0.25) is 0 Å². The summed E-state index contributed by atoms with van der Waals surface area (Å²) in [5.41, 5.74) is 12.3. The molecule has 0 bridgehead atoms. The number of hydrogen-bond donors (Lipinski definition) is 1. The van der Waals surface area contributed by atoms with Crippen LogP contribution in [0.1, 0.15) is 5.56 Å². The van der Waals surface area contributed by atoms with E-state index >= 15 is 0 Å². The molecular weight excluding hydrogens is 603 g/mol. The highest BCUT2D eigenvalue weighted by Crippen LogP contribution is 2.48. The van der Waals surface area contributed by atoms with E-state index < -0.39 is 0 Å². The molecule has 0 saturated heterocycles. The first-order chi connectivity index (χ1) is 24.7. The Balaban J connectivity index is 1.30. The predicted octanol–water partition coefficient (Wildman–Crippen LogP) is 13.8. The van der Waals surface area contributed by atoms with Crippen LogP contribution in [0, 0.1) is 6.92 Å². The summed E-state index contributed by atoms with van der Waals surface area (Å²) in [5.74, 6) is 0. The second-order valence-corrected chi connectivity index (χ2v) is 13.3. The third kappa shape index (κ3) is 4.34. The monoisotopic (exact) mass is 635 g/mol. The lowest BCUT2D eigenvalue weighted by atomic mass is 9.83. The van der Waals surface area contributed by atoms with Crippen molar-refractivity contribution in [2.45, 2.75) is 6.92 Å². The number of hydrogen-bond acceptors (Lipinski definition) is 0. The molecule has 1 aromatic heterocycles. The third-order valence-electron chi connectivity index (χ3n) is 10.5.